The summed E-state index contributed by atoms with van der Waals surface area (Å²) in [4.78, 5) is 174. The lowest BCUT2D eigenvalue weighted by Gasteiger charge is -2.29. The van der Waals surface area contributed by atoms with E-state index in [9.17, 15) is 82.8 Å². The molecule has 0 saturated carbocycles. The number of aliphatic hydroxyl groups excluding tert-OH is 1. The average Bonchev–Trinajstić information content (AvgIpc) is 1.83. The van der Waals surface area contributed by atoms with Crippen LogP contribution in [0.2, 0.25) is 0 Å². The van der Waals surface area contributed by atoms with Crippen LogP contribution in [0, 0.1) is 11.8 Å². The van der Waals surface area contributed by atoms with Gasteiger partial charge in [0.2, 0.25) is 65.0 Å². The van der Waals surface area contributed by atoms with E-state index in [-0.39, 0.29) is 75.3 Å². The first-order chi connectivity index (χ1) is 42.4. The Kier molecular flexibility index (Phi) is 34.8. The first-order valence-corrected chi connectivity index (χ1v) is 31.0. The van der Waals surface area contributed by atoms with E-state index in [1.54, 1.807) is 64.3 Å². The van der Waals surface area contributed by atoms with Gasteiger partial charge >= 0.3 is 11.9 Å². The summed E-state index contributed by atoms with van der Waals surface area (Å²) in [7, 11) is 0. The monoisotopic (exact) mass is 1290 g/mol. The van der Waals surface area contributed by atoms with Gasteiger partial charge in [-0.3, -0.25) is 57.5 Å². The number of aromatic hydroxyl groups is 1. The van der Waals surface area contributed by atoms with Crippen molar-refractivity contribution >= 4 is 88.7 Å². The molecule has 0 heterocycles. The van der Waals surface area contributed by atoms with Crippen LogP contribution in [0.15, 0.2) is 54.6 Å². The van der Waals surface area contributed by atoms with E-state index in [2.05, 4.69) is 47.9 Å². The Morgan fingerprint density at radius 2 is 0.956 bits per heavy atom. The molecule has 0 bridgehead atoms. The maximum Gasteiger partial charge on any atom is 0.326 e. The van der Waals surface area contributed by atoms with Gasteiger partial charge in [-0.25, -0.2) is 4.79 Å². The van der Waals surface area contributed by atoms with Gasteiger partial charge in [0.1, 0.15) is 60.1 Å². The number of amides is 11. The van der Waals surface area contributed by atoms with E-state index >= 15 is 0 Å². The Morgan fingerprint density at radius 1 is 0.511 bits per heavy atom. The molecule has 12 atom stereocenters. The Labute approximate surface area is 526 Å². The normalized spacial score (nSPS) is 15.1. The number of aliphatic hydroxyl groups is 1. The molecule has 11 amide bonds. The number of thioether (sulfide) groups is 1. The fraction of sp³-hybridized carbons (Fsp3) is 0.576. The number of carboxylic acids is 2. The molecule has 0 aliphatic rings. The van der Waals surface area contributed by atoms with Crippen molar-refractivity contribution in [3.05, 3.63) is 65.7 Å². The number of hydrogen-bond acceptors (Lipinski definition) is 18. The molecule has 30 nitrogen and oxygen atoms in total. The van der Waals surface area contributed by atoms with Crippen LogP contribution < -0.4 is 70.8 Å². The molecule has 90 heavy (non-hydrogen) atoms. The minimum atomic E-state index is -1.81. The number of rotatable bonds is 43. The minimum Gasteiger partial charge on any atom is -0.508 e. The lowest BCUT2D eigenvalue weighted by Crippen LogP contribution is -2.62. The lowest BCUT2D eigenvalue weighted by atomic mass is 9.96. The van der Waals surface area contributed by atoms with E-state index in [1.165, 1.54) is 36.0 Å². The van der Waals surface area contributed by atoms with Crippen molar-refractivity contribution in [3.8, 4) is 5.75 Å². The summed E-state index contributed by atoms with van der Waals surface area (Å²) in [6, 6.07) is -1.26. The predicted molar refractivity (Wildman–Crippen MR) is 331 cm³/mol. The summed E-state index contributed by atoms with van der Waals surface area (Å²) in [6.45, 7) is 8.05. The van der Waals surface area contributed by atoms with Crippen LogP contribution >= 0.6 is 11.8 Å². The van der Waals surface area contributed by atoms with Crippen LogP contribution in [0.3, 0.4) is 0 Å². The van der Waals surface area contributed by atoms with Crippen LogP contribution in [-0.2, 0) is 75.2 Å². The number of hydrogen-bond donors (Lipinski definition) is 17. The topological polar surface area (TPSA) is 515 Å². The molecule has 0 spiro atoms. The SMILES string of the molecule is CC[C@H](C)[C@H](NC(=O)[C@H](CCC(N)=O)NC(=O)[C@H](Cc1ccc(O)cc1)NC(=O)[C@H](CCCCN)NC(=O)[C@H](CCSC)NC(=O)[C@@H](NC(=O)[C@H](CC(C)C)NC(=O)[C@H](CC(=O)O)NC(=O)[C@@H](N)CCC(N)=O)[C@@H](C)O)C(=O)N[C@@H](Cc1ccccc1)C(=O)O. The molecule has 0 unspecified atom stereocenters. The van der Waals surface area contributed by atoms with Crippen LogP contribution in [-0.4, -0.2) is 182 Å². The van der Waals surface area contributed by atoms with Crippen molar-refractivity contribution in [1.82, 2.24) is 47.9 Å². The second-order valence-electron chi connectivity index (χ2n) is 22.3. The van der Waals surface area contributed by atoms with Gasteiger partial charge in [-0.05, 0) is 106 Å². The summed E-state index contributed by atoms with van der Waals surface area (Å²) in [5.41, 5.74) is 23.2. The number of carbonyl (C=O) groups is 13. The molecule has 0 saturated heterocycles. The summed E-state index contributed by atoms with van der Waals surface area (Å²) < 4.78 is 0. The van der Waals surface area contributed by atoms with E-state index in [0.29, 0.717) is 24.0 Å². The molecular weight excluding hydrogens is 1190 g/mol. The van der Waals surface area contributed by atoms with Crippen molar-refractivity contribution < 1.29 is 82.8 Å². The van der Waals surface area contributed by atoms with Crippen molar-refractivity contribution in [1.29, 1.82) is 0 Å². The number of carboxylic acid groups (broad SMARTS) is 2. The highest BCUT2D eigenvalue weighted by Crippen LogP contribution is 2.16. The smallest absolute Gasteiger partial charge is 0.326 e. The Balaban J connectivity index is 2.52. The van der Waals surface area contributed by atoms with Gasteiger partial charge in [0.05, 0.1) is 18.6 Å². The van der Waals surface area contributed by atoms with Crippen molar-refractivity contribution in [2.75, 3.05) is 18.6 Å². The third-order valence-electron chi connectivity index (χ3n) is 14.3. The van der Waals surface area contributed by atoms with Gasteiger partial charge in [0.25, 0.3) is 0 Å². The summed E-state index contributed by atoms with van der Waals surface area (Å²) in [6.07, 6.45) is -2.04. The number of phenolic OH excluding ortho intramolecular Hbond substituents is 1. The number of primary amides is 2. The Bertz CT molecular complexity index is 2740. The second kappa shape index (κ2) is 40.3. The third-order valence-corrected chi connectivity index (χ3v) is 14.9. The van der Waals surface area contributed by atoms with E-state index in [0.717, 1.165) is 6.92 Å². The molecule has 0 aliphatic carbocycles. The summed E-state index contributed by atoms with van der Waals surface area (Å²) >= 11 is 1.28. The maximum atomic E-state index is 14.6. The third kappa shape index (κ3) is 28.8. The fourth-order valence-corrected chi connectivity index (χ4v) is 9.44. The van der Waals surface area contributed by atoms with Gasteiger partial charge in [-0.1, -0.05) is 76.6 Å². The molecular formula is C59H91N13O17S. The zero-order chi connectivity index (χ0) is 67.8. The molecule has 0 aromatic heterocycles. The number of aliphatic carboxylic acids is 2. The summed E-state index contributed by atoms with van der Waals surface area (Å²) in [5.74, 6) is -14.2. The van der Waals surface area contributed by atoms with E-state index in [4.69, 9.17) is 22.9 Å². The number of nitrogens with one attached hydrogen (secondary N) is 9. The van der Waals surface area contributed by atoms with Crippen molar-refractivity contribution in [3.63, 3.8) is 0 Å². The average molecular weight is 1290 g/mol. The highest BCUT2D eigenvalue weighted by molar-refractivity contribution is 7.98. The number of unbranched alkanes of at least 4 members (excludes halogenated alkanes) is 1. The van der Waals surface area contributed by atoms with Gasteiger partial charge in [0, 0.05) is 25.7 Å². The van der Waals surface area contributed by atoms with Crippen LogP contribution in [0.4, 0.5) is 0 Å². The predicted octanol–water partition coefficient (Wildman–Crippen LogP) is -2.69. The maximum absolute atomic E-state index is 14.6. The lowest BCUT2D eigenvalue weighted by molar-refractivity contribution is -0.142. The van der Waals surface area contributed by atoms with Crippen molar-refractivity contribution in [2.24, 2.45) is 34.8 Å². The molecule has 0 radical (unpaired) electrons. The molecule has 0 aliphatic heterocycles. The highest BCUT2D eigenvalue weighted by atomic mass is 32.2. The number of nitrogens with two attached hydrogens (primary N) is 4. The van der Waals surface area contributed by atoms with Gasteiger partial charge < -0.3 is 91.2 Å². The van der Waals surface area contributed by atoms with Gasteiger partial charge in [-0.15, -0.1) is 0 Å². The molecule has 2 aromatic rings. The second-order valence-corrected chi connectivity index (χ2v) is 23.3. The van der Waals surface area contributed by atoms with E-state index in [1.807, 2.05) is 0 Å². The van der Waals surface area contributed by atoms with Crippen molar-refractivity contribution in [2.45, 2.75) is 185 Å². The van der Waals surface area contributed by atoms with Gasteiger partial charge in [0.15, 0.2) is 0 Å². The molecule has 2 aromatic carbocycles. The zero-order valence-electron chi connectivity index (χ0n) is 51.6. The number of benzene rings is 2. The number of carbonyl (C=O) groups excluding carboxylic acids is 11. The van der Waals surface area contributed by atoms with Crippen LogP contribution in [0.25, 0.3) is 0 Å². The Hall–Kier alpha value is -8.42. The largest absolute Gasteiger partial charge is 0.508 e. The molecule has 0 fully saturated rings. The van der Waals surface area contributed by atoms with Crippen LogP contribution in [0.5, 0.6) is 5.75 Å². The van der Waals surface area contributed by atoms with Crippen LogP contribution in [0.1, 0.15) is 116 Å². The zero-order valence-corrected chi connectivity index (χ0v) is 52.4. The molecule has 21 N–H and O–H groups in total. The molecule has 2 rings (SSSR count). The first kappa shape index (κ1) is 77.7. The highest BCUT2D eigenvalue weighted by Gasteiger charge is 2.38. The molecule has 31 heteroatoms. The van der Waals surface area contributed by atoms with E-state index < -0.39 is 169 Å². The minimum absolute atomic E-state index is 0.0841. The Morgan fingerprint density at radius 3 is 1.49 bits per heavy atom. The first-order valence-electron chi connectivity index (χ1n) is 29.6. The standard InChI is InChI=1S/C59H91N13O17S/c1-7-32(4)48(57(86)70-44(59(88)89)29-34-13-9-8-10-14-34)71-53(82)39(21-23-46(63)76)65-54(83)42(28-35-16-18-36(74)19-17-35)69-51(80)38(15-11-12-25-60)64-52(81)40(24-26-90-6)66-58(87)49(33(5)73)72-56(85)41(27-31(2)3)68-55(84)43(30-47(77)78)67-50(79)37(61)20-22-45(62)75/h8-10,13-14,16-19,31-33,37-44,48-49,73-74H,7,11-12,15,20-30,60-61H2,1-6H3,(H2,62,75)(H2,63,76)(H,64,81)(H,65,83)(H,66,87)(H,67,79)(H,68,84)(H,69,80)(H,70,86)(H,71,82)(H,72,85)(H,77,78)(H,88,89)/t32-,33+,37-,38-,39-,40-,41-,42-,43-,44-,48-,49-/m0/s1. The number of phenols is 1. The van der Waals surface area contributed by atoms with Gasteiger partial charge in [-0.2, -0.15) is 11.8 Å². The summed E-state index contributed by atoms with van der Waals surface area (Å²) in [5, 5.41) is 63.1. The molecule has 500 valence electrons. The quantitative estimate of drug-likeness (QED) is 0.0301. The fourth-order valence-electron chi connectivity index (χ4n) is 8.97.